The van der Waals surface area contributed by atoms with Gasteiger partial charge in [-0.05, 0) is 68.8 Å². The van der Waals surface area contributed by atoms with Crippen molar-refractivity contribution in [2.45, 2.75) is 0 Å². The van der Waals surface area contributed by atoms with Crippen molar-refractivity contribution in [3.05, 3.63) is 200 Å². The maximum atomic E-state index is 6.56. The molecule has 10 aromatic rings. The Labute approximate surface area is 319 Å². The molecule has 0 radical (unpaired) electrons. The topological polar surface area (TPSA) is 51.8 Å². The summed E-state index contributed by atoms with van der Waals surface area (Å²) in [5.41, 5.74) is 13.5. The molecule has 0 bridgehead atoms. The van der Waals surface area contributed by atoms with Crippen molar-refractivity contribution in [2.75, 3.05) is 0 Å². The Morgan fingerprint density at radius 3 is 1.25 bits per heavy atom. The third kappa shape index (κ3) is 6.26. The lowest BCUT2D eigenvalue weighted by atomic mass is 9.96. The summed E-state index contributed by atoms with van der Waals surface area (Å²) in [5.74, 6) is 1.80. The molecule has 0 spiro atoms. The van der Waals surface area contributed by atoms with Crippen LogP contribution in [0.25, 0.3) is 101 Å². The van der Waals surface area contributed by atoms with Gasteiger partial charge in [-0.2, -0.15) is 0 Å². The molecule has 2 heterocycles. The molecule has 0 aliphatic rings. The van der Waals surface area contributed by atoms with Crippen molar-refractivity contribution in [1.29, 1.82) is 0 Å². The van der Waals surface area contributed by atoms with E-state index in [2.05, 4.69) is 176 Å². The number of rotatable bonds is 7. The summed E-state index contributed by atoms with van der Waals surface area (Å²) in [6.45, 7) is 0. The van der Waals surface area contributed by atoms with Gasteiger partial charge in [0.2, 0.25) is 0 Å². The van der Waals surface area contributed by atoms with Crippen molar-refractivity contribution in [3.8, 4) is 78.7 Å². The summed E-state index contributed by atoms with van der Waals surface area (Å²) in [5, 5.41) is 2.13. The van der Waals surface area contributed by atoms with Gasteiger partial charge in [-0.1, -0.05) is 176 Å². The predicted molar refractivity (Wildman–Crippen MR) is 225 cm³/mol. The van der Waals surface area contributed by atoms with Crippen molar-refractivity contribution in [2.24, 2.45) is 0 Å². The van der Waals surface area contributed by atoms with Crippen LogP contribution in [0.5, 0.6) is 0 Å². The quantitative estimate of drug-likeness (QED) is 0.166. The Morgan fingerprint density at radius 2 is 0.691 bits per heavy atom. The monoisotopic (exact) mass is 703 g/mol. The predicted octanol–water partition coefficient (Wildman–Crippen LogP) is 13.4. The van der Waals surface area contributed by atoms with E-state index in [4.69, 9.17) is 19.4 Å². The summed E-state index contributed by atoms with van der Waals surface area (Å²) in [6, 6.07) is 69.3. The Bertz CT molecular complexity index is 2840. The molecule has 55 heavy (non-hydrogen) atoms. The van der Waals surface area contributed by atoms with E-state index in [0.717, 1.165) is 72.0 Å². The van der Waals surface area contributed by atoms with Gasteiger partial charge < -0.3 is 4.42 Å². The third-order valence-corrected chi connectivity index (χ3v) is 10.2. The van der Waals surface area contributed by atoms with Crippen LogP contribution >= 0.6 is 0 Å². The van der Waals surface area contributed by atoms with Gasteiger partial charge in [0.05, 0.1) is 0 Å². The number of benzene rings is 8. The highest BCUT2D eigenvalue weighted by molar-refractivity contribution is 6.13. The Balaban J connectivity index is 1.07. The lowest BCUT2D eigenvalue weighted by Gasteiger charge is -2.10. The van der Waals surface area contributed by atoms with Crippen LogP contribution in [-0.4, -0.2) is 15.0 Å². The van der Waals surface area contributed by atoms with Crippen LogP contribution in [0.4, 0.5) is 0 Å². The van der Waals surface area contributed by atoms with Gasteiger partial charge in [-0.15, -0.1) is 0 Å². The van der Waals surface area contributed by atoms with Gasteiger partial charge in [0, 0.05) is 27.5 Å². The number of hydrogen-bond donors (Lipinski definition) is 0. The number of aromatic nitrogens is 3. The first-order valence-electron chi connectivity index (χ1n) is 18.4. The Morgan fingerprint density at radius 1 is 0.273 bits per heavy atom. The normalized spacial score (nSPS) is 11.3. The summed E-state index contributed by atoms with van der Waals surface area (Å²) >= 11 is 0. The standard InChI is InChI=1S/C51H33N3O/c1-4-12-34(13-5-1)37-22-26-39(27-23-37)49-52-50(40-28-24-38(25-29-40)35-14-6-2-7-15-35)54-51(53-49)43-30-31-45-47(33-43)55-46-21-11-20-44(48(45)46)42-19-10-18-41(32-42)36-16-8-3-9-17-36/h1-33H. The second-order valence-electron chi connectivity index (χ2n) is 13.6. The minimum Gasteiger partial charge on any atom is -0.456 e. The fraction of sp³-hybridized carbons (Fsp3) is 0. The zero-order valence-corrected chi connectivity index (χ0v) is 29.8. The van der Waals surface area contributed by atoms with E-state index < -0.39 is 0 Å². The second kappa shape index (κ2) is 13.8. The molecule has 0 amide bonds. The van der Waals surface area contributed by atoms with Gasteiger partial charge in [-0.25, -0.2) is 15.0 Å². The highest BCUT2D eigenvalue weighted by atomic mass is 16.3. The first-order chi connectivity index (χ1) is 27.2. The van der Waals surface area contributed by atoms with Crippen molar-refractivity contribution >= 4 is 21.9 Å². The molecule has 258 valence electrons. The number of nitrogens with zero attached hydrogens (tertiary/aromatic N) is 3. The zero-order valence-electron chi connectivity index (χ0n) is 29.8. The van der Waals surface area contributed by atoms with E-state index in [1.54, 1.807) is 0 Å². The fourth-order valence-corrected chi connectivity index (χ4v) is 7.35. The molecule has 0 atom stereocenters. The Kier molecular flexibility index (Phi) is 8.12. The molecule has 2 aromatic heterocycles. The molecule has 4 heteroatoms. The van der Waals surface area contributed by atoms with E-state index in [1.165, 1.54) is 11.1 Å². The van der Waals surface area contributed by atoms with Gasteiger partial charge >= 0.3 is 0 Å². The Hall–Kier alpha value is -7.43. The van der Waals surface area contributed by atoms with E-state index in [0.29, 0.717) is 17.5 Å². The first kappa shape index (κ1) is 32.2. The summed E-state index contributed by atoms with van der Waals surface area (Å²) in [4.78, 5) is 15.2. The maximum absolute atomic E-state index is 6.56. The maximum Gasteiger partial charge on any atom is 0.164 e. The number of furan rings is 1. The number of fused-ring (bicyclic) bond motifs is 3. The highest BCUT2D eigenvalue weighted by Crippen LogP contribution is 2.39. The van der Waals surface area contributed by atoms with E-state index in [9.17, 15) is 0 Å². The molecule has 10 rings (SSSR count). The number of hydrogen-bond acceptors (Lipinski definition) is 4. The molecule has 0 saturated heterocycles. The van der Waals surface area contributed by atoms with Crippen LogP contribution in [0.1, 0.15) is 0 Å². The van der Waals surface area contributed by atoms with Crippen molar-refractivity contribution in [1.82, 2.24) is 15.0 Å². The van der Waals surface area contributed by atoms with E-state index >= 15 is 0 Å². The van der Waals surface area contributed by atoms with Crippen LogP contribution in [0.15, 0.2) is 205 Å². The molecule has 0 N–H and O–H groups in total. The van der Waals surface area contributed by atoms with Crippen LogP contribution < -0.4 is 0 Å². The van der Waals surface area contributed by atoms with Crippen molar-refractivity contribution in [3.63, 3.8) is 0 Å². The average molecular weight is 704 g/mol. The molecule has 8 aromatic carbocycles. The third-order valence-electron chi connectivity index (χ3n) is 10.2. The SMILES string of the molecule is c1ccc(-c2ccc(-c3nc(-c4ccc(-c5ccccc5)cc4)nc(-c4ccc5c(c4)oc4cccc(-c6cccc(-c7ccccc7)c6)c45)n3)cc2)cc1. The summed E-state index contributed by atoms with van der Waals surface area (Å²) < 4.78 is 6.56. The molecule has 0 aliphatic heterocycles. The lowest BCUT2D eigenvalue weighted by Crippen LogP contribution is -2.00. The first-order valence-corrected chi connectivity index (χ1v) is 18.4. The van der Waals surface area contributed by atoms with Gasteiger partial charge in [-0.3, -0.25) is 0 Å². The summed E-state index contributed by atoms with van der Waals surface area (Å²) in [7, 11) is 0. The average Bonchev–Trinajstić information content (AvgIpc) is 3.66. The molecule has 0 saturated carbocycles. The van der Waals surface area contributed by atoms with Crippen molar-refractivity contribution < 1.29 is 4.42 Å². The molecule has 4 nitrogen and oxygen atoms in total. The highest BCUT2D eigenvalue weighted by Gasteiger charge is 2.17. The van der Waals surface area contributed by atoms with Gasteiger partial charge in [0.15, 0.2) is 17.5 Å². The molecule has 0 fully saturated rings. The zero-order chi connectivity index (χ0) is 36.6. The summed E-state index contributed by atoms with van der Waals surface area (Å²) in [6.07, 6.45) is 0. The van der Waals surface area contributed by atoms with Crippen LogP contribution in [0.3, 0.4) is 0 Å². The smallest absolute Gasteiger partial charge is 0.164 e. The molecular weight excluding hydrogens is 671 g/mol. The lowest BCUT2D eigenvalue weighted by molar-refractivity contribution is 0.669. The minimum atomic E-state index is 0.581. The molecule has 0 unspecified atom stereocenters. The largest absolute Gasteiger partial charge is 0.456 e. The van der Waals surface area contributed by atoms with Crippen LogP contribution in [0, 0.1) is 0 Å². The fourth-order valence-electron chi connectivity index (χ4n) is 7.35. The molecular formula is C51H33N3O. The van der Waals surface area contributed by atoms with E-state index in [-0.39, 0.29) is 0 Å². The minimum absolute atomic E-state index is 0.581. The van der Waals surface area contributed by atoms with E-state index in [1.807, 2.05) is 24.3 Å². The second-order valence-corrected chi connectivity index (χ2v) is 13.6. The van der Waals surface area contributed by atoms with Crippen LogP contribution in [0.2, 0.25) is 0 Å². The van der Waals surface area contributed by atoms with Crippen LogP contribution in [-0.2, 0) is 0 Å². The van der Waals surface area contributed by atoms with Gasteiger partial charge in [0.1, 0.15) is 11.2 Å². The van der Waals surface area contributed by atoms with Gasteiger partial charge in [0.25, 0.3) is 0 Å². The molecule has 0 aliphatic carbocycles.